The molecule has 0 bridgehead atoms. The summed E-state index contributed by atoms with van der Waals surface area (Å²) in [5.41, 5.74) is 15.8. The molecule has 3 heterocycles. The molecular weight excluding hydrogens is 709 g/mol. The highest BCUT2D eigenvalue weighted by Gasteiger charge is 2.52. The van der Waals surface area contributed by atoms with Crippen molar-refractivity contribution < 1.29 is 9.47 Å². The molecule has 3 aromatic carbocycles. The van der Waals surface area contributed by atoms with Crippen LogP contribution in [0.5, 0.6) is 5.75 Å². The van der Waals surface area contributed by atoms with Crippen molar-refractivity contribution in [2.75, 3.05) is 0 Å². The highest BCUT2D eigenvalue weighted by molar-refractivity contribution is 6.13. The first-order chi connectivity index (χ1) is 28.6. The van der Waals surface area contributed by atoms with Gasteiger partial charge in [0.05, 0.1) is 11.1 Å². The second-order valence-corrected chi connectivity index (χ2v) is 16.7. The number of benzene rings is 3. The van der Waals surface area contributed by atoms with Crippen molar-refractivity contribution in [2.45, 2.75) is 75.7 Å². The summed E-state index contributed by atoms with van der Waals surface area (Å²) in [6, 6.07) is 28.4. The molecule has 8 aliphatic rings. The van der Waals surface area contributed by atoms with Crippen molar-refractivity contribution in [3.63, 3.8) is 0 Å². The third-order valence-electron chi connectivity index (χ3n) is 13.3. The molecule has 58 heavy (non-hydrogen) atoms. The summed E-state index contributed by atoms with van der Waals surface area (Å²) in [6.07, 6.45) is 36.6. The molecule has 0 radical (unpaired) electrons. The van der Waals surface area contributed by atoms with Crippen molar-refractivity contribution in [3.8, 4) is 5.75 Å². The zero-order valence-electron chi connectivity index (χ0n) is 33.0. The number of para-hydroxylation sites is 1. The molecular formula is C54H48N2O2. The summed E-state index contributed by atoms with van der Waals surface area (Å²) >= 11 is 0. The van der Waals surface area contributed by atoms with Gasteiger partial charge in [-0.15, -0.1) is 0 Å². The van der Waals surface area contributed by atoms with Crippen molar-refractivity contribution >= 4 is 17.0 Å². The van der Waals surface area contributed by atoms with Crippen molar-refractivity contribution in [2.24, 2.45) is 10.9 Å². The monoisotopic (exact) mass is 756 g/mol. The number of nitrogens with zero attached hydrogens (tertiary/aromatic N) is 1. The number of aliphatic imine (C=N–C) groups is 1. The molecule has 0 aromatic heterocycles. The highest BCUT2D eigenvalue weighted by atomic mass is 16.5. The molecule has 0 saturated carbocycles. The topological polar surface area (TPSA) is 42.8 Å². The number of rotatable bonds is 6. The van der Waals surface area contributed by atoms with E-state index in [0.717, 1.165) is 73.4 Å². The minimum absolute atomic E-state index is 0.00353. The van der Waals surface area contributed by atoms with E-state index in [1.165, 1.54) is 55.7 Å². The van der Waals surface area contributed by atoms with Crippen LogP contribution >= 0.6 is 0 Å². The predicted octanol–water partition coefficient (Wildman–Crippen LogP) is 12.2. The van der Waals surface area contributed by atoms with Gasteiger partial charge in [-0.05, 0) is 77.2 Å². The highest BCUT2D eigenvalue weighted by Crippen LogP contribution is 2.59. The Bertz CT molecular complexity index is 2600. The number of allylic oxidation sites excluding steroid dienone is 16. The summed E-state index contributed by atoms with van der Waals surface area (Å²) in [5.74, 6) is 2.54. The van der Waals surface area contributed by atoms with Crippen molar-refractivity contribution in [1.29, 1.82) is 0 Å². The smallest absolute Gasteiger partial charge is 0.146 e. The maximum atomic E-state index is 6.82. The van der Waals surface area contributed by atoms with Gasteiger partial charge in [0.25, 0.3) is 0 Å². The Morgan fingerprint density at radius 3 is 2.48 bits per heavy atom. The minimum atomic E-state index is -0.396. The van der Waals surface area contributed by atoms with E-state index >= 15 is 0 Å². The molecule has 5 aliphatic carbocycles. The van der Waals surface area contributed by atoms with Gasteiger partial charge in [-0.1, -0.05) is 158 Å². The maximum Gasteiger partial charge on any atom is 0.146 e. The predicted molar refractivity (Wildman–Crippen MR) is 236 cm³/mol. The number of hydrogen-bond donors (Lipinski definition) is 1. The molecule has 3 aliphatic heterocycles. The Morgan fingerprint density at radius 2 is 1.57 bits per heavy atom. The summed E-state index contributed by atoms with van der Waals surface area (Å²) in [6.45, 7) is 2.40. The Balaban J connectivity index is 1.03. The van der Waals surface area contributed by atoms with E-state index in [1.54, 1.807) is 0 Å². The molecule has 0 fully saturated rings. The molecule has 0 spiro atoms. The number of hydrogen-bond acceptors (Lipinski definition) is 4. The molecule has 5 unspecified atom stereocenters. The van der Waals surface area contributed by atoms with Crippen LogP contribution in [0.1, 0.15) is 80.3 Å². The number of ether oxygens (including phenoxy) is 2. The van der Waals surface area contributed by atoms with E-state index in [0.29, 0.717) is 5.92 Å². The van der Waals surface area contributed by atoms with Crippen LogP contribution in [0.4, 0.5) is 0 Å². The van der Waals surface area contributed by atoms with Gasteiger partial charge in [0.1, 0.15) is 29.9 Å². The van der Waals surface area contributed by atoms with E-state index < -0.39 is 5.41 Å². The molecule has 1 N–H and O–H groups in total. The normalized spacial score (nSPS) is 27.9. The number of fused-ring (bicyclic) bond motifs is 4. The lowest BCUT2D eigenvalue weighted by molar-refractivity contribution is 0.159. The van der Waals surface area contributed by atoms with Gasteiger partial charge in [0, 0.05) is 47.2 Å². The summed E-state index contributed by atoms with van der Waals surface area (Å²) in [5, 5.41) is 3.90. The van der Waals surface area contributed by atoms with Crippen LogP contribution < -0.4 is 10.1 Å². The van der Waals surface area contributed by atoms with Crippen LogP contribution in [-0.4, -0.2) is 17.9 Å². The molecule has 0 saturated heterocycles. The Morgan fingerprint density at radius 1 is 0.741 bits per heavy atom. The van der Waals surface area contributed by atoms with Gasteiger partial charge in [-0.25, -0.2) is 0 Å². The molecule has 0 amide bonds. The van der Waals surface area contributed by atoms with Gasteiger partial charge >= 0.3 is 0 Å². The van der Waals surface area contributed by atoms with Crippen molar-refractivity contribution in [1.82, 2.24) is 5.32 Å². The van der Waals surface area contributed by atoms with Crippen LogP contribution in [0.2, 0.25) is 0 Å². The van der Waals surface area contributed by atoms with E-state index in [-0.39, 0.29) is 18.4 Å². The van der Waals surface area contributed by atoms with Gasteiger partial charge in [-0.2, -0.15) is 0 Å². The lowest BCUT2D eigenvalue weighted by Gasteiger charge is -2.50. The van der Waals surface area contributed by atoms with Gasteiger partial charge < -0.3 is 14.8 Å². The SMILES string of the molecule is CC1CC=CC=C1C1(C2=CC(c3ccccc3C3N=C(C4=CC=C5C6=C(CCC=C6)OC5C4)C=C(c4ccccc4)N3)=CCC2)C2=CC=CCC2Oc2ccccc21. The second kappa shape index (κ2) is 14.4. The van der Waals surface area contributed by atoms with Crippen LogP contribution in [-0.2, 0) is 10.2 Å². The lowest BCUT2D eigenvalue weighted by Crippen LogP contribution is -2.46. The van der Waals surface area contributed by atoms with Crippen LogP contribution in [0.3, 0.4) is 0 Å². The molecule has 11 rings (SSSR count). The molecule has 5 atom stereocenters. The Kier molecular flexibility index (Phi) is 8.68. The molecule has 4 nitrogen and oxygen atoms in total. The average Bonchev–Trinajstić information content (AvgIpc) is 3.67. The maximum absolute atomic E-state index is 6.82. The van der Waals surface area contributed by atoms with Gasteiger partial charge in [-0.3, -0.25) is 4.99 Å². The van der Waals surface area contributed by atoms with E-state index in [2.05, 4.69) is 170 Å². The number of nitrogens with one attached hydrogen (secondary N) is 1. The fraction of sp³-hybridized carbons (Fsp3) is 0.241. The standard InChI is InChI=1S/C54H48N2O2/c1-35-16-5-9-24-44(35)54(45-25-10-13-28-50(45)58-51-29-14-11-26-46(51)54)39-20-15-19-37(32-39)40-21-6-7-23-43(40)53-55-47(36-17-3-2-4-18-36)34-48(56-53)38-30-31-42-41-22-8-12-27-49(41)57-52(42)33-38/h2-11,13-14,17-19,21-26,28,30-32,34-35,51-53,55H,12,15-16,20,27,29,33H2,1H3. The largest absolute Gasteiger partial charge is 0.489 e. The van der Waals surface area contributed by atoms with Crippen LogP contribution in [0, 0.1) is 5.92 Å². The Labute approximate surface area is 342 Å². The first-order valence-electron chi connectivity index (χ1n) is 21.3. The Hall–Kier alpha value is -6.13. The minimum Gasteiger partial charge on any atom is -0.489 e. The van der Waals surface area contributed by atoms with Crippen LogP contribution in [0.15, 0.2) is 202 Å². The lowest BCUT2D eigenvalue weighted by atomic mass is 9.55. The second-order valence-electron chi connectivity index (χ2n) is 16.7. The zero-order valence-corrected chi connectivity index (χ0v) is 33.0. The average molecular weight is 757 g/mol. The summed E-state index contributed by atoms with van der Waals surface area (Å²) in [7, 11) is 0. The van der Waals surface area contributed by atoms with E-state index in [4.69, 9.17) is 14.5 Å². The van der Waals surface area contributed by atoms with Gasteiger partial charge in [0.2, 0.25) is 0 Å². The van der Waals surface area contributed by atoms with Crippen LogP contribution in [0.25, 0.3) is 11.3 Å². The quantitative estimate of drug-likeness (QED) is 0.272. The summed E-state index contributed by atoms with van der Waals surface area (Å²) < 4.78 is 13.4. The molecule has 4 heteroatoms. The van der Waals surface area contributed by atoms with E-state index in [9.17, 15) is 0 Å². The first-order valence-corrected chi connectivity index (χ1v) is 21.3. The zero-order chi connectivity index (χ0) is 38.6. The third kappa shape index (κ3) is 5.75. The van der Waals surface area contributed by atoms with Gasteiger partial charge in [0.15, 0.2) is 0 Å². The molecule has 3 aromatic rings. The van der Waals surface area contributed by atoms with E-state index in [1.807, 2.05) is 0 Å². The fourth-order valence-corrected chi connectivity index (χ4v) is 10.6. The molecule has 286 valence electrons. The third-order valence-corrected chi connectivity index (χ3v) is 13.3. The van der Waals surface area contributed by atoms with Crippen molar-refractivity contribution in [3.05, 3.63) is 219 Å². The first kappa shape index (κ1) is 35.1. The fourth-order valence-electron chi connectivity index (χ4n) is 10.6. The summed E-state index contributed by atoms with van der Waals surface area (Å²) in [4.78, 5) is 5.55.